The zero-order chi connectivity index (χ0) is 15.6. The molecule has 1 saturated heterocycles. The Morgan fingerprint density at radius 1 is 1.62 bits per heavy atom. The fourth-order valence-electron chi connectivity index (χ4n) is 2.19. The van der Waals surface area contributed by atoms with Crippen LogP contribution in [0.25, 0.3) is 0 Å². The van der Waals surface area contributed by atoms with E-state index in [1.54, 1.807) is 13.0 Å². The van der Waals surface area contributed by atoms with E-state index >= 15 is 0 Å². The van der Waals surface area contributed by atoms with Gasteiger partial charge in [0.25, 0.3) is 0 Å². The number of benzene rings is 1. The topological polar surface area (TPSA) is 69.6 Å². The van der Waals surface area contributed by atoms with Gasteiger partial charge in [0.15, 0.2) is 0 Å². The van der Waals surface area contributed by atoms with E-state index in [1.807, 2.05) is 0 Å². The van der Waals surface area contributed by atoms with E-state index in [0.717, 1.165) is 0 Å². The SMILES string of the molecule is CC(CO)NC(=O)C1CC(=O)N(c2ccc(Cl)c(F)c2)C1. The molecule has 2 atom stereocenters. The molecule has 1 aromatic carbocycles. The number of rotatable bonds is 4. The molecule has 0 spiro atoms. The van der Waals surface area contributed by atoms with E-state index in [9.17, 15) is 14.0 Å². The molecule has 1 aromatic rings. The van der Waals surface area contributed by atoms with Crippen LogP contribution in [-0.2, 0) is 9.59 Å². The van der Waals surface area contributed by atoms with E-state index in [0.29, 0.717) is 5.69 Å². The van der Waals surface area contributed by atoms with Gasteiger partial charge in [-0.1, -0.05) is 11.6 Å². The molecular formula is C14H16ClFN2O3. The molecular weight excluding hydrogens is 299 g/mol. The van der Waals surface area contributed by atoms with Gasteiger partial charge < -0.3 is 15.3 Å². The summed E-state index contributed by atoms with van der Waals surface area (Å²) < 4.78 is 13.5. The van der Waals surface area contributed by atoms with E-state index in [4.69, 9.17) is 16.7 Å². The second-order valence-electron chi connectivity index (χ2n) is 5.10. The Morgan fingerprint density at radius 3 is 2.95 bits per heavy atom. The van der Waals surface area contributed by atoms with Gasteiger partial charge >= 0.3 is 0 Å². The summed E-state index contributed by atoms with van der Waals surface area (Å²) in [6, 6.07) is 3.73. The highest BCUT2D eigenvalue weighted by Gasteiger charge is 2.35. The lowest BCUT2D eigenvalue weighted by molar-refractivity contribution is -0.127. The van der Waals surface area contributed by atoms with Crippen LogP contribution in [-0.4, -0.2) is 36.1 Å². The van der Waals surface area contributed by atoms with Crippen molar-refractivity contribution in [1.82, 2.24) is 5.32 Å². The molecule has 1 heterocycles. The van der Waals surface area contributed by atoms with Crippen LogP contribution in [0.5, 0.6) is 0 Å². The maximum Gasteiger partial charge on any atom is 0.227 e. The smallest absolute Gasteiger partial charge is 0.227 e. The van der Waals surface area contributed by atoms with Crippen molar-refractivity contribution < 1.29 is 19.1 Å². The predicted molar refractivity (Wildman–Crippen MR) is 76.6 cm³/mol. The largest absolute Gasteiger partial charge is 0.394 e. The molecule has 0 bridgehead atoms. The lowest BCUT2D eigenvalue weighted by atomic mass is 10.1. The summed E-state index contributed by atoms with van der Waals surface area (Å²) in [6.07, 6.45) is 0.0637. The molecule has 1 fully saturated rings. The highest BCUT2D eigenvalue weighted by Crippen LogP contribution is 2.28. The lowest BCUT2D eigenvalue weighted by Crippen LogP contribution is -2.40. The fraction of sp³-hybridized carbons (Fsp3) is 0.429. The molecule has 0 saturated carbocycles. The summed E-state index contributed by atoms with van der Waals surface area (Å²) in [6.45, 7) is 1.68. The normalized spacial score (nSPS) is 19.7. The van der Waals surface area contributed by atoms with Crippen LogP contribution in [0, 0.1) is 11.7 Å². The molecule has 2 amide bonds. The van der Waals surface area contributed by atoms with Gasteiger partial charge in [0.1, 0.15) is 5.82 Å². The highest BCUT2D eigenvalue weighted by atomic mass is 35.5. The van der Waals surface area contributed by atoms with Crippen LogP contribution in [0.15, 0.2) is 18.2 Å². The van der Waals surface area contributed by atoms with Gasteiger partial charge in [0, 0.05) is 24.7 Å². The Labute approximate surface area is 126 Å². The molecule has 0 aliphatic carbocycles. The first-order valence-electron chi connectivity index (χ1n) is 6.59. The van der Waals surface area contributed by atoms with Gasteiger partial charge in [-0.25, -0.2) is 4.39 Å². The van der Waals surface area contributed by atoms with E-state index in [2.05, 4.69) is 5.32 Å². The zero-order valence-electron chi connectivity index (χ0n) is 11.5. The fourth-order valence-corrected chi connectivity index (χ4v) is 2.31. The molecule has 114 valence electrons. The maximum atomic E-state index is 13.5. The number of carbonyl (C=O) groups is 2. The van der Waals surface area contributed by atoms with E-state index in [1.165, 1.54) is 17.0 Å². The van der Waals surface area contributed by atoms with Crippen molar-refractivity contribution in [3.8, 4) is 0 Å². The van der Waals surface area contributed by atoms with Crippen LogP contribution >= 0.6 is 11.6 Å². The average Bonchev–Trinajstić information content (AvgIpc) is 2.84. The van der Waals surface area contributed by atoms with Gasteiger partial charge in [-0.2, -0.15) is 0 Å². The van der Waals surface area contributed by atoms with Crippen LogP contribution in [0.1, 0.15) is 13.3 Å². The first kappa shape index (κ1) is 15.7. The summed E-state index contributed by atoms with van der Waals surface area (Å²) in [4.78, 5) is 25.3. The van der Waals surface area contributed by atoms with Crippen molar-refractivity contribution >= 4 is 29.1 Å². The van der Waals surface area contributed by atoms with Crippen molar-refractivity contribution in [1.29, 1.82) is 0 Å². The number of aliphatic hydroxyl groups is 1. The predicted octanol–water partition coefficient (Wildman–Crippen LogP) is 1.33. The average molecular weight is 315 g/mol. The summed E-state index contributed by atoms with van der Waals surface area (Å²) >= 11 is 5.61. The molecule has 7 heteroatoms. The van der Waals surface area contributed by atoms with Crippen molar-refractivity contribution in [2.24, 2.45) is 5.92 Å². The molecule has 21 heavy (non-hydrogen) atoms. The molecule has 5 nitrogen and oxygen atoms in total. The second-order valence-corrected chi connectivity index (χ2v) is 5.50. The molecule has 1 aliphatic rings. The van der Waals surface area contributed by atoms with Gasteiger partial charge in [-0.05, 0) is 25.1 Å². The van der Waals surface area contributed by atoms with E-state index in [-0.39, 0.29) is 42.5 Å². The van der Waals surface area contributed by atoms with Crippen LogP contribution in [0.2, 0.25) is 5.02 Å². The standard InChI is InChI=1S/C14H16ClFN2O3/c1-8(7-19)17-14(21)9-4-13(20)18(6-9)10-2-3-11(15)12(16)5-10/h2-3,5,8-9,19H,4,6-7H2,1H3,(H,17,21). The summed E-state index contributed by atoms with van der Waals surface area (Å²) in [5.41, 5.74) is 0.382. The van der Waals surface area contributed by atoms with Crippen LogP contribution < -0.4 is 10.2 Å². The second kappa shape index (κ2) is 6.41. The third-order valence-electron chi connectivity index (χ3n) is 3.37. The first-order chi connectivity index (χ1) is 9.92. The number of hydrogen-bond donors (Lipinski definition) is 2. The minimum atomic E-state index is -0.608. The number of aliphatic hydroxyl groups excluding tert-OH is 1. The molecule has 0 radical (unpaired) electrons. The summed E-state index contributed by atoms with van der Waals surface area (Å²) in [5.74, 6) is -1.65. The number of anilines is 1. The Balaban J connectivity index is 2.09. The molecule has 1 aliphatic heterocycles. The third-order valence-corrected chi connectivity index (χ3v) is 3.68. The molecule has 2 rings (SSSR count). The maximum absolute atomic E-state index is 13.5. The Morgan fingerprint density at radius 2 is 2.33 bits per heavy atom. The first-order valence-corrected chi connectivity index (χ1v) is 6.96. The number of carbonyl (C=O) groups excluding carboxylic acids is 2. The number of halogens is 2. The van der Waals surface area contributed by atoms with Crippen molar-refractivity contribution in [3.05, 3.63) is 29.0 Å². The third kappa shape index (κ3) is 3.51. The number of amides is 2. The minimum absolute atomic E-state index is 0.0172. The Bertz CT molecular complexity index is 567. The Kier molecular flexibility index (Phi) is 4.80. The summed E-state index contributed by atoms with van der Waals surface area (Å²) in [7, 11) is 0. The quantitative estimate of drug-likeness (QED) is 0.881. The van der Waals surface area contributed by atoms with Gasteiger partial charge in [0.2, 0.25) is 11.8 Å². The number of nitrogens with one attached hydrogen (secondary N) is 1. The Hall–Kier alpha value is -1.66. The monoisotopic (exact) mass is 314 g/mol. The van der Waals surface area contributed by atoms with Crippen LogP contribution in [0.4, 0.5) is 10.1 Å². The molecule has 2 N–H and O–H groups in total. The van der Waals surface area contributed by atoms with Gasteiger partial charge in [-0.15, -0.1) is 0 Å². The lowest BCUT2D eigenvalue weighted by Gasteiger charge is -2.18. The van der Waals surface area contributed by atoms with Crippen molar-refractivity contribution in [2.45, 2.75) is 19.4 Å². The number of nitrogens with zero attached hydrogens (tertiary/aromatic N) is 1. The number of hydrogen-bond acceptors (Lipinski definition) is 3. The van der Waals surface area contributed by atoms with Gasteiger partial charge in [-0.3, -0.25) is 9.59 Å². The van der Waals surface area contributed by atoms with Crippen molar-refractivity contribution in [3.63, 3.8) is 0 Å². The summed E-state index contributed by atoms with van der Waals surface area (Å²) in [5, 5.41) is 11.5. The molecule has 2 unspecified atom stereocenters. The zero-order valence-corrected chi connectivity index (χ0v) is 12.2. The molecule has 0 aromatic heterocycles. The van der Waals surface area contributed by atoms with Crippen LogP contribution in [0.3, 0.4) is 0 Å². The van der Waals surface area contributed by atoms with Gasteiger partial charge in [0.05, 0.1) is 17.5 Å². The highest BCUT2D eigenvalue weighted by molar-refractivity contribution is 6.30. The van der Waals surface area contributed by atoms with Crippen molar-refractivity contribution in [2.75, 3.05) is 18.1 Å². The van der Waals surface area contributed by atoms with E-state index < -0.39 is 11.7 Å². The minimum Gasteiger partial charge on any atom is -0.394 e.